The van der Waals surface area contributed by atoms with Crippen molar-refractivity contribution >= 4 is 5.69 Å². The van der Waals surface area contributed by atoms with Crippen molar-refractivity contribution < 1.29 is 4.74 Å². The number of ether oxygens (including phenoxy) is 1. The first-order valence-electron chi connectivity index (χ1n) is 6.12. The Kier molecular flexibility index (Phi) is 3.04. The van der Waals surface area contributed by atoms with Crippen LogP contribution in [0.2, 0.25) is 0 Å². The molecule has 1 fully saturated rings. The summed E-state index contributed by atoms with van der Waals surface area (Å²) in [5.74, 6) is 0.928. The molecule has 1 aliphatic rings. The molecule has 3 nitrogen and oxygen atoms in total. The Hall–Kier alpha value is -1.22. The van der Waals surface area contributed by atoms with Crippen LogP contribution in [0.1, 0.15) is 25.8 Å². The summed E-state index contributed by atoms with van der Waals surface area (Å²) in [6.45, 7) is 7.47. The smallest absolute Gasteiger partial charge is 0.142 e. The van der Waals surface area contributed by atoms with E-state index in [9.17, 15) is 0 Å². The number of rotatable bonds is 2. The first kappa shape index (κ1) is 12.2. The Bertz CT molecular complexity index is 415. The van der Waals surface area contributed by atoms with Crippen LogP contribution in [-0.2, 0) is 0 Å². The van der Waals surface area contributed by atoms with Crippen molar-refractivity contribution in [3.8, 4) is 5.75 Å². The predicted molar refractivity (Wildman–Crippen MR) is 71.7 cm³/mol. The second kappa shape index (κ2) is 4.22. The predicted octanol–water partition coefficient (Wildman–Crippen LogP) is 2.32. The van der Waals surface area contributed by atoms with Gasteiger partial charge >= 0.3 is 0 Å². The molecule has 0 saturated carbocycles. The second-order valence-electron chi connectivity index (χ2n) is 5.56. The molecule has 1 aromatic rings. The number of nitrogens with two attached hydrogens (primary N) is 1. The highest BCUT2D eigenvalue weighted by Gasteiger charge is 2.37. The Morgan fingerprint density at radius 2 is 2.12 bits per heavy atom. The molecule has 0 aliphatic carbocycles. The van der Waals surface area contributed by atoms with Crippen LogP contribution in [0.5, 0.6) is 5.75 Å². The van der Waals surface area contributed by atoms with Gasteiger partial charge in [-0.2, -0.15) is 0 Å². The van der Waals surface area contributed by atoms with E-state index in [2.05, 4.69) is 37.8 Å². The van der Waals surface area contributed by atoms with Crippen LogP contribution in [-0.4, -0.2) is 25.2 Å². The van der Waals surface area contributed by atoms with Crippen LogP contribution in [0, 0.1) is 6.92 Å². The maximum absolute atomic E-state index is 6.09. The zero-order chi connectivity index (χ0) is 12.6. The Labute approximate surface area is 104 Å². The van der Waals surface area contributed by atoms with E-state index in [1.807, 2.05) is 6.07 Å². The van der Waals surface area contributed by atoms with Gasteiger partial charge in [0.05, 0.1) is 12.8 Å². The summed E-state index contributed by atoms with van der Waals surface area (Å²) in [5, 5.41) is 0. The summed E-state index contributed by atoms with van der Waals surface area (Å²) in [5.41, 5.74) is 8.59. The van der Waals surface area contributed by atoms with Crippen LogP contribution in [0.15, 0.2) is 18.2 Å². The summed E-state index contributed by atoms with van der Waals surface area (Å²) in [7, 11) is 1.72. The van der Waals surface area contributed by atoms with Crippen LogP contribution >= 0.6 is 0 Å². The number of hydrogen-bond acceptors (Lipinski definition) is 3. The first-order valence-corrected chi connectivity index (χ1v) is 6.12. The lowest BCUT2D eigenvalue weighted by molar-refractivity contribution is 0.410. The number of aryl methyl sites for hydroxylation is 1. The second-order valence-corrected chi connectivity index (χ2v) is 5.56. The maximum atomic E-state index is 6.09. The molecule has 0 aromatic heterocycles. The average molecular weight is 234 g/mol. The molecule has 1 aromatic carbocycles. The number of hydrogen-bond donors (Lipinski definition) is 1. The molecule has 0 bridgehead atoms. The topological polar surface area (TPSA) is 38.5 Å². The quantitative estimate of drug-likeness (QED) is 0.853. The van der Waals surface area contributed by atoms with E-state index in [-0.39, 0.29) is 11.6 Å². The summed E-state index contributed by atoms with van der Waals surface area (Å²) in [4.78, 5) is 2.36. The van der Waals surface area contributed by atoms with Gasteiger partial charge in [0.15, 0.2) is 0 Å². The highest BCUT2D eigenvalue weighted by Crippen LogP contribution is 2.38. The minimum atomic E-state index is 0.0977. The van der Waals surface area contributed by atoms with Gasteiger partial charge in [0.25, 0.3) is 0 Å². The third kappa shape index (κ3) is 2.25. The zero-order valence-corrected chi connectivity index (χ0v) is 11.2. The molecule has 94 valence electrons. The molecule has 2 rings (SSSR count). The number of nitrogens with zero attached hydrogens (tertiary/aromatic N) is 1. The molecule has 0 radical (unpaired) electrons. The third-order valence-electron chi connectivity index (χ3n) is 3.53. The Morgan fingerprint density at radius 3 is 2.65 bits per heavy atom. The zero-order valence-electron chi connectivity index (χ0n) is 11.2. The van der Waals surface area contributed by atoms with Gasteiger partial charge < -0.3 is 15.4 Å². The highest BCUT2D eigenvalue weighted by atomic mass is 16.5. The molecule has 1 unspecified atom stereocenters. The molecule has 1 heterocycles. The SMILES string of the molecule is COc1ccc(C)cc1N1CC(N)CC1(C)C. The molecule has 1 saturated heterocycles. The van der Waals surface area contributed by atoms with Crippen molar-refractivity contribution in [3.63, 3.8) is 0 Å². The van der Waals surface area contributed by atoms with E-state index in [1.165, 1.54) is 5.56 Å². The van der Waals surface area contributed by atoms with Crippen molar-refractivity contribution in [2.45, 2.75) is 38.8 Å². The molecule has 1 aliphatic heterocycles. The van der Waals surface area contributed by atoms with Gasteiger partial charge in [-0.3, -0.25) is 0 Å². The molecular formula is C14H22N2O. The van der Waals surface area contributed by atoms with Gasteiger partial charge in [0.1, 0.15) is 5.75 Å². The summed E-state index contributed by atoms with van der Waals surface area (Å²) >= 11 is 0. The van der Waals surface area contributed by atoms with Gasteiger partial charge in [-0.25, -0.2) is 0 Å². The first-order chi connectivity index (χ1) is 7.94. The van der Waals surface area contributed by atoms with Gasteiger partial charge in [-0.1, -0.05) is 6.07 Å². The van der Waals surface area contributed by atoms with Crippen molar-refractivity contribution in [1.82, 2.24) is 0 Å². The molecule has 2 N–H and O–H groups in total. The van der Waals surface area contributed by atoms with E-state index >= 15 is 0 Å². The highest BCUT2D eigenvalue weighted by molar-refractivity contribution is 5.62. The molecule has 17 heavy (non-hydrogen) atoms. The lowest BCUT2D eigenvalue weighted by Crippen LogP contribution is -2.38. The van der Waals surface area contributed by atoms with Gasteiger partial charge in [-0.05, 0) is 44.9 Å². The minimum absolute atomic E-state index is 0.0977. The van der Waals surface area contributed by atoms with Crippen LogP contribution < -0.4 is 15.4 Å². The van der Waals surface area contributed by atoms with Crippen LogP contribution in [0.25, 0.3) is 0 Å². The number of methoxy groups -OCH3 is 1. The van der Waals surface area contributed by atoms with Crippen LogP contribution in [0.4, 0.5) is 5.69 Å². The average Bonchev–Trinajstić information content (AvgIpc) is 2.51. The monoisotopic (exact) mass is 234 g/mol. The Balaban J connectivity index is 2.42. The summed E-state index contributed by atoms with van der Waals surface area (Å²) < 4.78 is 5.46. The van der Waals surface area contributed by atoms with Crippen molar-refractivity contribution in [1.29, 1.82) is 0 Å². The Morgan fingerprint density at radius 1 is 1.41 bits per heavy atom. The normalized spacial score (nSPS) is 22.9. The van der Waals surface area contributed by atoms with E-state index in [4.69, 9.17) is 10.5 Å². The lowest BCUT2D eigenvalue weighted by Gasteiger charge is -2.34. The number of anilines is 1. The van der Waals surface area contributed by atoms with Crippen molar-refractivity contribution in [3.05, 3.63) is 23.8 Å². The minimum Gasteiger partial charge on any atom is -0.495 e. The van der Waals surface area contributed by atoms with Gasteiger partial charge in [0.2, 0.25) is 0 Å². The standard InChI is InChI=1S/C14H22N2O/c1-10-5-6-13(17-4)12(7-10)16-9-11(15)8-14(16,2)3/h5-7,11H,8-9,15H2,1-4H3. The largest absolute Gasteiger partial charge is 0.495 e. The van der Waals surface area contributed by atoms with Crippen molar-refractivity contribution in [2.24, 2.45) is 5.73 Å². The fraction of sp³-hybridized carbons (Fsp3) is 0.571. The van der Waals surface area contributed by atoms with E-state index < -0.39 is 0 Å². The molecule has 1 atom stereocenters. The molecule has 3 heteroatoms. The van der Waals surface area contributed by atoms with Crippen LogP contribution in [0.3, 0.4) is 0 Å². The summed E-state index contributed by atoms with van der Waals surface area (Å²) in [6.07, 6.45) is 1.02. The van der Waals surface area contributed by atoms with Gasteiger partial charge in [0, 0.05) is 18.1 Å². The fourth-order valence-corrected chi connectivity index (χ4v) is 2.73. The third-order valence-corrected chi connectivity index (χ3v) is 3.53. The van der Waals surface area contributed by atoms with E-state index in [1.54, 1.807) is 7.11 Å². The number of benzene rings is 1. The lowest BCUT2D eigenvalue weighted by atomic mass is 10.00. The fourth-order valence-electron chi connectivity index (χ4n) is 2.73. The maximum Gasteiger partial charge on any atom is 0.142 e. The van der Waals surface area contributed by atoms with Crippen molar-refractivity contribution in [2.75, 3.05) is 18.6 Å². The molecular weight excluding hydrogens is 212 g/mol. The van der Waals surface area contributed by atoms with E-state index in [0.29, 0.717) is 0 Å². The molecule has 0 spiro atoms. The summed E-state index contributed by atoms with van der Waals surface area (Å²) in [6, 6.07) is 6.53. The molecule has 0 amide bonds. The van der Waals surface area contributed by atoms with Gasteiger partial charge in [-0.15, -0.1) is 0 Å². The van der Waals surface area contributed by atoms with E-state index in [0.717, 1.165) is 24.4 Å².